The summed E-state index contributed by atoms with van der Waals surface area (Å²) in [6, 6.07) is 15.3. The molecule has 2 N–H and O–H groups in total. The van der Waals surface area contributed by atoms with Crippen molar-refractivity contribution in [1.29, 1.82) is 0 Å². The highest BCUT2D eigenvalue weighted by Gasteiger charge is 2.13. The lowest BCUT2D eigenvalue weighted by Crippen LogP contribution is -2.41. The molecule has 0 aliphatic heterocycles. The summed E-state index contributed by atoms with van der Waals surface area (Å²) >= 11 is 0. The predicted octanol–water partition coefficient (Wildman–Crippen LogP) is 3.02. The molecule has 3 rings (SSSR count). The molecule has 0 saturated heterocycles. The summed E-state index contributed by atoms with van der Waals surface area (Å²) in [5, 5.41) is 12.8. The molecule has 3 aromatic rings. The summed E-state index contributed by atoms with van der Waals surface area (Å²) in [4.78, 5) is 10.9. The highest BCUT2D eigenvalue weighted by atomic mass is 19.1. The fourth-order valence-corrected chi connectivity index (χ4v) is 2.79. The van der Waals surface area contributed by atoms with Crippen LogP contribution in [0.5, 0.6) is 0 Å². The second kappa shape index (κ2) is 7.45. The average molecular weight is 352 g/mol. The lowest BCUT2D eigenvalue weighted by molar-refractivity contribution is -0.307. The zero-order chi connectivity index (χ0) is 18.7. The van der Waals surface area contributed by atoms with E-state index < -0.39 is 23.6 Å². The van der Waals surface area contributed by atoms with Gasteiger partial charge in [0.15, 0.2) is 0 Å². The second-order valence-electron chi connectivity index (χ2n) is 5.97. The van der Waals surface area contributed by atoms with Crippen LogP contribution in [0.2, 0.25) is 0 Å². The van der Waals surface area contributed by atoms with Crippen LogP contribution in [0.1, 0.15) is 17.5 Å². The van der Waals surface area contributed by atoms with E-state index in [-0.39, 0.29) is 12.0 Å². The van der Waals surface area contributed by atoms with Gasteiger partial charge in [0.05, 0.1) is 5.97 Å². The van der Waals surface area contributed by atoms with Crippen LogP contribution in [0.3, 0.4) is 0 Å². The predicted molar refractivity (Wildman–Crippen MR) is 95.0 cm³/mol. The first-order chi connectivity index (χ1) is 12.5. The molecule has 26 heavy (non-hydrogen) atoms. The van der Waals surface area contributed by atoms with Crippen molar-refractivity contribution in [3.05, 3.63) is 89.5 Å². The van der Waals surface area contributed by atoms with Crippen molar-refractivity contribution in [2.45, 2.75) is 12.5 Å². The molecule has 0 saturated carbocycles. The van der Waals surface area contributed by atoms with Crippen molar-refractivity contribution in [2.75, 3.05) is 0 Å². The lowest BCUT2D eigenvalue weighted by atomic mass is 9.93. The van der Waals surface area contributed by atoms with E-state index in [1.165, 1.54) is 6.07 Å². The Bertz CT molecular complexity index is 998. The minimum Gasteiger partial charge on any atom is -0.548 e. The number of fused-ring (bicyclic) bond motifs is 1. The van der Waals surface area contributed by atoms with Crippen molar-refractivity contribution in [2.24, 2.45) is 5.73 Å². The molecule has 0 aliphatic rings. The van der Waals surface area contributed by atoms with Crippen molar-refractivity contribution in [1.82, 2.24) is 0 Å². The Hall–Kier alpha value is -3.05. The van der Waals surface area contributed by atoms with E-state index in [1.54, 1.807) is 6.08 Å². The van der Waals surface area contributed by atoms with Crippen molar-refractivity contribution < 1.29 is 18.7 Å². The zero-order valence-electron chi connectivity index (χ0n) is 13.8. The topological polar surface area (TPSA) is 66.2 Å². The summed E-state index contributed by atoms with van der Waals surface area (Å²) in [6.45, 7) is 0. The summed E-state index contributed by atoms with van der Waals surface area (Å²) < 4.78 is 27.6. The molecule has 5 heteroatoms. The summed E-state index contributed by atoms with van der Waals surface area (Å²) in [5.74, 6) is -2.80. The van der Waals surface area contributed by atoms with Gasteiger partial charge < -0.3 is 15.6 Å². The molecule has 0 unspecified atom stereocenters. The molecule has 0 spiro atoms. The number of hydrogen-bond donors (Lipinski definition) is 1. The third-order valence-corrected chi connectivity index (χ3v) is 4.16. The number of nitrogens with two attached hydrogens (primary N) is 1. The van der Waals surface area contributed by atoms with Gasteiger partial charge in [-0.3, -0.25) is 0 Å². The number of halogens is 2. The van der Waals surface area contributed by atoms with Gasteiger partial charge in [-0.25, -0.2) is 8.78 Å². The van der Waals surface area contributed by atoms with Gasteiger partial charge in [0.2, 0.25) is 0 Å². The van der Waals surface area contributed by atoms with E-state index in [0.29, 0.717) is 11.1 Å². The molecule has 0 aliphatic carbocycles. The Morgan fingerprint density at radius 1 is 1.04 bits per heavy atom. The second-order valence-corrected chi connectivity index (χ2v) is 5.97. The van der Waals surface area contributed by atoms with Crippen molar-refractivity contribution in [3.63, 3.8) is 0 Å². The number of aliphatic carboxylic acids is 1. The number of carboxylic acid groups (broad SMARTS) is 1. The van der Waals surface area contributed by atoms with Gasteiger partial charge in [0.25, 0.3) is 0 Å². The van der Waals surface area contributed by atoms with Crippen LogP contribution < -0.4 is 10.8 Å². The highest BCUT2D eigenvalue weighted by molar-refractivity contribution is 5.89. The summed E-state index contributed by atoms with van der Waals surface area (Å²) in [7, 11) is 0. The molecule has 3 nitrogen and oxygen atoms in total. The summed E-state index contributed by atoms with van der Waals surface area (Å²) in [6.07, 6.45) is 1.50. The molecular weight excluding hydrogens is 336 g/mol. The van der Waals surface area contributed by atoms with Gasteiger partial charge in [-0.1, -0.05) is 42.5 Å². The third kappa shape index (κ3) is 3.78. The van der Waals surface area contributed by atoms with Gasteiger partial charge in [-0.15, -0.1) is 0 Å². The van der Waals surface area contributed by atoms with Crippen molar-refractivity contribution in [3.8, 4) is 0 Å². The molecule has 0 aromatic heterocycles. The SMILES string of the molecule is N[C@@H](C/C=C(\c1ccc2ccccc2c1)c1ccc(F)cc1F)C(=O)[O-]. The fraction of sp³-hybridized carbons (Fsp3) is 0.0952. The number of carbonyl (C=O) groups is 1. The highest BCUT2D eigenvalue weighted by Crippen LogP contribution is 2.29. The molecule has 0 heterocycles. The monoisotopic (exact) mass is 352 g/mol. The Balaban J connectivity index is 2.12. The number of rotatable bonds is 5. The van der Waals surface area contributed by atoms with Crippen LogP contribution >= 0.6 is 0 Å². The lowest BCUT2D eigenvalue weighted by Gasteiger charge is -2.14. The van der Waals surface area contributed by atoms with E-state index >= 15 is 0 Å². The molecule has 0 fully saturated rings. The zero-order valence-corrected chi connectivity index (χ0v) is 13.8. The van der Waals surface area contributed by atoms with Crippen LogP contribution in [-0.2, 0) is 4.79 Å². The smallest absolute Gasteiger partial charge is 0.133 e. The van der Waals surface area contributed by atoms with Crippen LogP contribution in [0.15, 0.2) is 66.7 Å². The maximum atomic E-state index is 14.3. The standard InChI is InChI=1S/C21H17F2NO2/c22-16-7-8-18(19(23)12-16)17(9-10-20(24)21(25)26)15-6-5-13-3-1-2-4-14(13)11-15/h1-9,11-12,20H,10,24H2,(H,25,26)/p-1/b17-9+/t20-/m0/s1. The summed E-state index contributed by atoms with van der Waals surface area (Å²) in [5.41, 5.74) is 6.82. The van der Waals surface area contributed by atoms with Crippen molar-refractivity contribution >= 4 is 22.3 Å². The van der Waals surface area contributed by atoms with Crippen LogP contribution in [0.25, 0.3) is 16.3 Å². The van der Waals surface area contributed by atoms with Gasteiger partial charge in [-0.2, -0.15) is 0 Å². The van der Waals surface area contributed by atoms with E-state index in [0.717, 1.165) is 22.9 Å². The molecule has 1 atom stereocenters. The maximum absolute atomic E-state index is 14.3. The molecule has 132 valence electrons. The van der Waals surface area contributed by atoms with Gasteiger partial charge >= 0.3 is 0 Å². The Labute approximate surface area is 149 Å². The molecule has 0 amide bonds. The fourth-order valence-electron chi connectivity index (χ4n) is 2.79. The number of carbonyl (C=O) groups excluding carboxylic acids is 1. The van der Waals surface area contributed by atoms with E-state index in [9.17, 15) is 18.7 Å². The first kappa shape index (κ1) is 17.8. The largest absolute Gasteiger partial charge is 0.548 e. The van der Waals surface area contributed by atoms with Crippen LogP contribution in [0, 0.1) is 11.6 Å². The first-order valence-electron chi connectivity index (χ1n) is 8.07. The minimum atomic E-state index is -1.39. The number of carboxylic acids is 1. The molecular formula is C21H16F2NO2-. The van der Waals surface area contributed by atoms with E-state index in [1.807, 2.05) is 42.5 Å². The minimum absolute atomic E-state index is 0.0404. The number of benzene rings is 3. The number of hydrogen-bond acceptors (Lipinski definition) is 3. The normalized spacial score (nSPS) is 13.0. The van der Waals surface area contributed by atoms with Gasteiger partial charge in [0.1, 0.15) is 11.6 Å². The molecule has 3 aromatic carbocycles. The average Bonchev–Trinajstić information content (AvgIpc) is 2.62. The van der Waals surface area contributed by atoms with E-state index in [2.05, 4.69) is 0 Å². The van der Waals surface area contributed by atoms with Gasteiger partial charge in [-0.05, 0) is 46.5 Å². The first-order valence-corrected chi connectivity index (χ1v) is 8.07. The van der Waals surface area contributed by atoms with Crippen LogP contribution in [0.4, 0.5) is 8.78 Å². The van der Waals surface area contributed by atoms with Crippen LogP contribution in [-0.4, -0.2) is 12.0 Å². The molecule has 0 radical (unpaired) electrons. The Morgan fingerprint density at radius 2 is 1.77 bits per heavy atom. The Morgan fingerprint density at radius 3 is 2.46 bits per heavy atom. The van der Waals surface area contributed by atoms with Gasteiger partial charge in [0, 0.05) is 17.7 Å². The molecule has 0 bridgehead atoms. The Kier molecular flexibility index (Phi) is 5.09. The maximum Gasteiger partial charge on any atom is 0.133 e. The van der Waals surface area contributed by atoms with E-state index in [4.69, 9.17) is 5.73 Å². The third-order valence-electron chi connectivity index (χ3n) is 4.16. The quantitative estimate of drug-likeness (QED) is 0.768.